The minimum Gasteiger partial charge on any atom is -0.354 e. The third-order valence-electron chi connectivity index (χ3n) is 5.49. The minimum atomic E-state index is -0.168. The number of hydrogen-bond acceptors (Lipinski definition) is 3. The SMILES string of the molecule is CCc1c(C(=O)NCC(c2cccc(Cl)c2)N2CCCC2)[nH]c(C)c1C(C)=O. The second kappa shape index (κ2) is 8.93. The average molecular weight is 402 g/mol. The molecule has 1 amide bonds. The van der Waals surface area contributed by atoms with Crippen molar-refractivity contribution in [1.82, 2.24) is 15.2 Å². The van der Waals surface area contributed by atoms with E-state index in [0.29, 0.717) is 29.2 Å². The molecule has 1 fully saturated rings. The van der Waals surface area contributed by atoms with Crippen LogP contribution in [0, 0.1) is 6.92 Å². The number of H-pyrrole nitrogens is 1. The summed E-state index contributed by atoms with van der Waals surface area (Å²) in [7, 11) is 0. The normalized spacial score (nSPS) is 15.6. The van der Waals surface area contributed by atoms with Gasteiger partial charge < -0.3 is 10.3 Å². The molecular formula is C22H28ClN3O2. The molecule has 1 atom stereocenters. The van der Waals surface area contributed by atoms with Gasteiger partial charge in [-0.25, -0.2) is 0 Å². The first kappa shape index (κ1) is 20.6. The Bertz CT molecular complexity index is 869. The lowest BCUT2D eigenvalue weighted by Gasteiger charge is -2.28. The second-order valence-electron chi connectivity index (χ2n) is 7.41. The highest BCUT2D eigenvalue weighted by molar-refractivity contribution is 6.30. The van der Waals surface area contributed by atoms with Gasteiger partial charge in [-0.15, -0.1) is 0 Å². The largest absolute Gasteiger partial charge is 0.354 e. The summed E-state index contributed by atoms with van der Waals surface area (Å²) in [6.07, 6.45) is 2.97. The Hall–Kier alpha value is -2.11. The molecule has 1 aliphatic heterocycles. The molecule has 1 aromatic heterocycles. The van der Waals surface area contributed by atoms with Gasteiger partial charge in [0.25, 0.3) is 5.91 Å². The van der Waals surface area contributed by atoms with E-state index in [1.165, 1.54) is 12.8 Å². The first-order valence-corrected chi connectivity index (χ1v) is 10.3. The van der Waals surface area contributed by atoms with E-state index in [9.17, 15) is 9.59 Å². The predicted octanol–water partition coefficient (Wildman–Crippen LogP) is 4.31. The topological polar surface area (TPSA) is 65.2 Å². The van der Waals surface area contributed by atoms with Gasteiger partial charge in [-0.05, 0) is 69.5 Å². The van der Waals surface area contributed by atoms with Crippen LogP contribution in [-0.4, -0.2) is 41.2 Å². The summed E-state index contributed by atoms with van der Waals surface area (Å²) in [5, 5.41) is 3.78. The van der Waals surface area contributed by atoms with Crippen LogP contribution >= 0.6 is 11.6 Å². The summed E-state index contributed by atoms with van der Waals surface area (Å²) in [6.45, 7) is 7.87. The smallest absolute Gasteiger partial charge is 0.268 e. The molecule has 1 aliphatic rings. The van der Waals surface area contributed by atoms with Gasteiger partial charge >= 0.3 is 0 Å². The number of carbonyl (C=O) groups is 2. The number of halogens is 1. The van der Waals surface area contributed by atoms with Gasteiger partial charge in [-0.2, -0.15) is 0 Å². The van der Waals surface area contributed by atoms with Gasteiger partial charge in [-0.3, -0.25) is 14.5 Å². The zero-order chi connectivity index (χ0) is 20.3. The molecular weight excluding hydrogens is 374 g/mol. The number of aromatic amines is 1. The van der Waals surface area contributed by atoms with E-state index >= 15 is 0 Å². The second-order valence-corrected chi connectivity index (χ2v) is 7.85. The van der Waals surface area contributed by atoms with E-state index in [1.807, 2.05) is 32.0 Å². The zero-order valence-corrected chi connectivity index (χ0v) is 17.5. The number of nitrogens with zero attached hydrogens (tertiary/aromatic N) is 1. The maximum atomic E-state index is 12.9. The van der Waals surface area contributed by atoms with E-state index in [-0.39, 0.29) is 17.7 Å². The fraction of sp³-hybridized carbons (Fsp3) is 0.455. The maximum Gasteiger partial charge on any atom is 0.268 e. The molecule has 2 aromatic rings. The standard InChI is InChI=1S/C22H28ClN3O2/c1-4-18-20(15(3)27)14(2)25-21(18)22(28)24-13-19(26-10-5-6-11-26)16-8-7-9-17(23)12-16/h7-9,12,19,25H,4-6,10-11,13H2,1-3H3,(H,24,28). The Balaban J connectivity index is 1.81. The molecule has 0 radical (unpaired) electrons. The van der Waals surface area contributed by atoms with Crippen LogP contribution in [0.2, 0.25) is 5.02 Å². The Morgan fingerprint density at radius 1 is 1.29 bits per heavy atom. The van der Waals surface area contributed by atoms with E-state index in [0.717, 1.165) is 29.9 Å². The molecule has 2 N–H and O–H groups in total. The molecule has 150 valence electrons. The highest BCUT2D eigenvalue weighted by Crippen LogP contribution is 2.27. The Kier molecular flexibility index (Phi) is 6.57. The number of rotatable bonds is 7. The summed E-state index contributed by atoms with van der Waals surface area (Å²) < 4.78 is 0. The third-order valence-corrected chi connectivity index (χ3v) is 5.73. The van der Waals surface area contributed by atoms with Crippen LogP contribution in [0.15, 0.2) is 24.3 Å². The Morgan fingerprint density at radius 2 is 2.00 bits per heavy atom. The van der Waals surface area contributed by atoms with Crippen LogP contribution in [0.3, 0.4) is 0 Å². The van der Waals surface area contributed by atoms with Crippen molar-refractivity contribution in [3.05, 3.63) is 57.4 Å². The van der Waals surface area contributed by atoms with Crippen molar-refractivity contribution in [2.75, 3.05) is 19.6 Å². The molecule has 2 heterocycles. The first-order chi connectivity index (χ1) is 13.4. The van der Waals surface area contributed by atoms with Crippen molar-refractivity contribution in [3.63, 3.8) is 0 Å². The van der Waals surface area contributed by atoms with Crippen LogP contribution in [0.1, 0.15) is 70.4 Å². The minimum absolute atomic E-state index is 0.0153. The highest BCUT2D eigenvalue weighted by Gasteiger charge is 2.26. The first-order valence-electron chi connectivity index (χ1n) is 9.92. The summed E-state index contributed by atoms with van der Waals surface area (Å²) in [5.74, 6) is -0.183. The van der Waals surface area contributed by atoms with Crippen LogP contribution in [-0.2, 0) is 6.42 Å². The molecule has 5 nitrogen and oxygen atoms in total. The highest BCUT2D eigenvalue weighted by atomic mass is 35.5. The number of Topliss-reactive ketones (excluding diaryl/α,β-unsaturated/α-hetero) is 1. The zero-order valence-electron chi connectivity index (χ0n) is 16.8. The van der Waals surface area contributed by atoms with Crippen LogP contribution in [0.4, 0.5) is 0 Å². The summed E-state index contributed by atoms with van der Waals surface area (Å²) >= 11 is 6.20. The van der Waals surface area contributed by atoms with Crippen molar-refractivity contribution in [3.8, 4) is 0 Å². The molecule has 1 unspecified atom stereocenters. The molecule has 1 aromatic carbocycles. The lowest BCUT2D eigenvalue weighted by molar-refractivity contribution is 0.0932. The van der Waals surface area contributed by atoms with Crippen LogP contribution in [0.5, 0.6) is 0 Å². The predicted molar refractivity (Wildman–Crippen MR) is 112 cm³/mol. The fourth-order valence-electron chi connectivity index (χ4n) is 4.20. The number of amides is 1. The number of aromatic nitrogens is 1. The van der Waals surface area contributed by atoms with Gasteiger partial charge in [-0.1, -0.05) is 30.7 Å². The van der Waals surface area contributed by atoms with Gasteiger partial charge in [0.1, 0.15) is 5.69 Å². The number of nitrogens with one attached hydrogen (secondary N) is 2. The van der Waals surface area contributed by atoms with Gasteiger partial charge in [0.15, 0.2) is 5.78 Å². The molecule has 0 aliphatic carbocycles. The van der Waals surface area contributed by atoms with E-state index in [4.69, 9.17) is 11.6 Å². The number of hydrogen-bond donors (Lipinski definition) is 2. The number of carbonyl (C=O) groups excluding carboxylic acids is 2. The molecule has 1 saturated heterocycles. The molecule has 28 heavy (non-hydrogen) atoms. The van der Waals surface area contributed by atoms with Gasteiger partial charge in [0.05, 0.1) is 6.04 Å². The average Bonchev–Trinajstić information content (AvgIpc) is 3.29. The monoisotopic (exact) mass is 401 g/mol. The number of ketones is 1. The molecule has 6 heteroatoms. The summed E-state index contributed by atoms with van der Waals surface area (Å²) in [5.41, 5.74) is 3.79. The molecule has 3 rings (SSSR count). The molecule has 0 spiro atoms. The van der Waals surface area contributed by atoms with E-state index in [1.54, 1.807) is 6.92 Å². The Morgan fingerprint density at radius 3 is 2.61 bits per heavy atom. The fourth-order valence-corrected chi connectivity index (χ4v) is 4.40. The van der Waals surface area contributed by atoms with Crippen molar-refractivity contribution < 1.29 is 9.59 Å². The number of benzene rings is 1. The van der Waals surface area contributed by atoms with Gasteiger partial charge in [0.2, 0.25) is 0 Å². The van der Waals surface area contributed by atoms with Crippen LogP contribution in [0.25, 0.3) is 0 Å². The van der Waals surface area contributed by atoms with Crippen LogP contribution < -0.4 is 5.32 Å². The number of aryl methyl sites for hydroxylation is 1. The van der Waals surface area contributed by atoms with Crippen molar-refractivity contribution >= 4 is 23.3 Å². The van der Waals surface area contributed by atoms with E-state index < -0.39 is 0 Å². The summed E-state index contributed by atoms with van der Waals surface area (Å²) in [4.78, 5) is 30.4. The number of likely N-dealkylation sites (tertiary alicyclic amines) is 1. The van der Waals surface area contributed by atoms with Crippen molar-refractivity contribution in [2.45, 2.75) is 46.1 Å². The van der Waals surface area contributed by atoms with E-state index in [2.05, 4.69) is 21.3 Å². The summed E-state index contributed by atoms with van der Waals surface area (Å²) in [6, 6.07) is 7.93. The molecule has 0 saturated carbocycles. The lowest BCUT2D eigenvalue weighted by Crippen LogP contribution is -2.37. The maximum absolute atomic E-state index is 12.9. The van der Waals surface area contributed by atoms with Gasteiger partial charge in [0, 0.05) is 22.8 Å². The lowest BCUT2D eigenvalue weighted by atomic mass is 10.0. The third kappa shape index (κ3) is 4.31. The van der Waals surface area contributed by atoms with Crippen molar-refractivity contribution in [1.29, 1.82) is 0 Å². The van der Waals surface area contributed by atoms with Crippen molar-refractivity contribution in [2.24, 2.45) is 0 Å². The molecule has 0 bridgehead atoms. The quantitative estimate of drug-likeness (QED) is 0.679. The Labute approximate surface area is 171 Å².